The number of hydrogen-bond donors (Lipinski definition) is 3. The Bertz CT molecular complexity index is 655. The minimum absolute atomic E-state index is 0. The number of hydrogen-bond acceptors (Lipinski definition) is 3. The molecule has 4 N–H and O–H groups in total. The van der Waals surface area contributed by atoms with Crippen molar-refractivity contribution in [3.8, 4) is 0 Å². The normalized spacial score (nSPS) is 11.4. The van der Waals surface area contributed by atoms with Gasteiger partial charge in [0.15, 0.2) is 0 Å². The zero-order valence-corrected chi connectivity index (χ0v) is 13.2. The molecular formula is C16H20ClN3O2. The van der Waals surface area contributed by atoms with Crippen LogP contribution in [0.5, 0.6) is 0 Å². The Morgan fingerprint density at radius 1 is 1.09 bits per heavy atom. The lowest BCUT2D eigenvalue weighted by Crippen LogP contribution is -2.40. The lowest BCUT2D eigenvalue weighted by molar-refractivity contribution is -0.125. The molecule has 0 fully saturated rings. The number of carbonyl (C=O) groups excluding carboxylic acids is 2. The summed E-state index contributed by atoms with van der Waals surface area (Å²) in [5, 5.41) is 7.57. The van der Waals surface area contributed by atoms with Crippen LogP contribution < -0.4 is 16.4 Å². The monoisotopic (exact) mass is 321 g/mol. The van der Waals surface area contributed by atoms with Gasteiger partial charge < -0.3 is 16.4 Å². The van der Waals surface area contributed by atoms with Crippen LogP contribution in [0.4, 0.5) is 0 Å². The lowest BCUT2D eigenvalue weighted by Gasteiger charge is -2.16. The van der Waals surface area contributed by atoms with Gasteiger partial charge in [0.1, 0.15) is 0 Å². The average Bonchev–Trinajstić information content (AvgIpc) is 2.51. The van der Waals surface area contributed by atoms with Crippen molar-refractivity contribution in [3.63, 3.8) is 0 Å². The summed E-state index contributed by atoms with van der Waals surface area (Å²) in [6.07, 6.45) is 0. The molecule has 0 aliphatic carbocycles. The van der Waals surface area contributed by atoms with Crippen LogP contribution in [0.25, 0.3) is 10.8 Å². The van der Waals surface area contributed by atoms with E-state index in [1.807, 2.05) is 49.4 Å². The number of carbonyl (C=O) groups is 2. The Kier molecular flexibility index (Phi) is 6.82. The van der Waals surface area contributed by atoms with Crippen LogP contribution >= 0.6 is 12.4 Å². The van der Waals surface area contributed by atoms with Crippen LogP contribution in [0.3, 0.4) is 0 Å². The SMILES string of the molecule is CC(NC(=O)CNC(=O)CN)c1cccc2ccccc12.Cl. The van der Waals surface area contributed by atoms with Crippen molar-refractivity contribution in [2.24, 2.45) is 5.73 Å². The van der Waals surface area contributed by atoms with Crippen molar-refractivity contribution in [3.05, 3.63) is 48.0 Å². The predicted octanol–water partition coefficient (Wildman–Crippen LogP) is 1.51. The van der Waals surface area contributed by atoms with E-state index in [1.54, 1.807) is 0 Å². The van der Waals surface area contributed by atoms with Gasteiger partial charge in [-0.3, -0.25) is 9.59 Å². The van der Waals surface area contributed by atoms with Crippen LogP contribution in [-0.4, -0.2) is 24.9 Å². The number of benzene rings is 2. The van der Waals surface area contributed by atoms with Gasteiger partial charge in [-0.25, -0.2) is 0 Å². The molecule has 1 atom stereocenters. The summed E-state index contributed by atoms with van der Waals surface area (Å²) >= 11 is 0. The molecule has 0 bridgehead atoms. The maximum Gasteiger partial charge on any atom is 0.239 e. The van der Waals surface area contributed by atoms with Gasteiger partial charge in [-0.15, -0.1) is 12.4 Å². The van der Waals surface area contributed by atoms with Crippen LogP contribution in [0.15, 0.2) is 42.5 Å². The third-order valence-corrected chi connectivity index (χ3v) is 3.30. The molecule has 0 saturated heterocycles. The zero-order valence-electron chi connectivity index (χ0n) is 12.3. The van der Waals surface area contributed by atoms with E-state index in [4.69, 9.17) is 5.73 Å². The van der Waals surface area contributed by atoms with Crippen LogP contribution in [-0.2, 0) is 9.59 Å². The molecule has 0 aliphatic heterocycles. The number of rotatable bonds is 5. The molecule has 22 heavy (non-hydrogen) atoms. The summed E-state index contributed by atoms with van der Waals surface area (Å²) in [6.45, 7) is 1.74. The van der Waals surface area contributed by atoms with Gasteiger partial charge in [0.25, 0.3) is 0 Å². The summed E-state index contributed by atoms with van der Waals surface area (Å²) in [7, 11) is 0. The van der Waals surface area contributed by atoms with E-state index < -0.39 is 0 Å². The second-order valence-electron chi connectivity index (χ2n) is 4.84. The molecule has 118 valence electrons. The van der Waals surface area contributed by atoms with Gasteiger partial charge in [0, 0.05) is 0 Å². The van der Waals surface area contributed by atoms with Crippen molar-refractivity contribution in [1.29, 1.82) is 0 Å². The fourth-order valence-electron chi connectivity index (χ4n) is 2.25. The van der Waals surface area contributed by atoms with Crippen LogP contribution in [0, 0.1) is 0 Å². The first kappa shape index (κ1) is 17.9. The highest BCUT2D eigenvalue weighted by atomic mass is 35.5. The van der Waals surface area contributed by atoms with E-state index in [1.165, 1.54) is 0 Å². The van der Waals surface area contributed by atoms with Crippen molar-refractivity contribution in [2.45, 2.75) is 13.0 Å². The van der Waals surface area contributed by atoms with Gasteiger partial charge in [-0.2, -0.15) is 0 Å². The smallest absolute Gasteiger partial charge is 0.239 e. The molecular weight excluding hydrogens is 302 g/mol. The molecule has 0 aliphatic rings. The molecule has 1 unspecified atom stereocenters. The van der Waals surface area contributed by atoms with Crippen molar-refractivity contribution < 1.29 is 9.59 Å². The Balaban J connectivity index is 0.00000242. The molecule has 2 amide bonds. The van der Waals surface area contributed by atoms with Crippen molar-refractivity contribution in [1.82, 2.24) is 10.6 Å². The highest BCUT2D eigenvalue weighted by Gasteiger charge is 2.12. The van der Waals surface area contributed by atoms with Gasteiger partial charge in [-0.1, -0.05) is 42.5 Å². The molecule has 0 heterocycles. The molecule has 0 saturated carbocycles. The third kappa shape index (κ3) is 4.44. The minimum Gasteiger partial charge on any atom is -0.348 e. The Hall–Kier alpha value is -2.11. The molecule has 6 heteroatoms. The van der Waals surface area contributed by atoms with E-state index in [0.717, 1.165) is 16.3 Å². The van der Waals surface area contributed by atoms with Gasteiger partial charge >= 0.3 is 0 Å². The number of halogens is 1. The zero-order chi connectivity index (χ0) is 15.2. The quantitative estimate of drug-likeness (QED) is 0.780. The number of fused-ring (bicyclic) bond motifs is 1. The van der Waals surface area contributed by atoms with Gasteiger partial charge in [-0.05, 0) is 23.3 Å². The molecule has 5 nitrogen and oxygen atoms in total. The molecule has 0 spiro atoms. The summed E-state index contributed by atoms with van der Waals surface area (Å²) in [6, 6.07) is 13.9. The van der Waals surface area contributed by atoms with Gasteiger partial charge in [0.05, 0.1) is 19.1 Å². The summed E-state index contributed by atoms with van der Waals surface area (Å²) in [4.78, 5) is 22.8. The topological polar surface area (TPSA) is 84.2 Å². The largest absolute Gasteiger partial charge is 0.348 e. The Labute approximate surface area is 135 Å². The van der Waals surface area contributed by atoms with E-state index >= 15 is 0 Å². The maximum absolute atomic E-state index is 11.8. The number of nitrogens with one attached hydrogen (secondary N) is 2. The highest BCUT2D eigenvalue weighted by molar-refractivity contribution is 5.88. The molecule has 2 aromatic carbocycles. The van der Waals surface area contributed by atoms with E-state index in [0.29, 0.717) is 0 Å². The first-order chi connectivity index (χ1) is 10.1. The van der Waals surface area contributed by atoms with Crippen molar-refractivity contribution >= 4 is 35.0 Å². The van der Waals surface area contributed by atoms with E-state index in [9.17, 15) is 9.59 Å². The van der Waals surface area contributed by atoms with Crippen LogP contribution in [0.2, 0.25) is 0 Å². The lowest BCUT2D eigenvalue weighted by atomic mass is 10.00. The van der Waals surface area contributed by atoms with Crippen LogP contribution in [0.1, 0.15) is 18.5 Å². The predicted molar refractivity (Wildman–Crippen MR) is 89.8 cm³/mol. The first-order valence-corrected chi connectivity index (χ1v) is 6.85. The van der Waals surface area contributed by atoms with Gasteiger partial charge in [0.2, 0.25) is 11.8 Å². The van der Waals surface area contributed by atoms with Crippen molar-refractivity contribution in [2.75, 3.05) is 13.1 Å². The second kappa shape index (κ2) is 8.36. The fraction of sp³-hybridized carbons (Fsp3) is 0.250. The van der Waals surface area contributed by atoms with E-state index in [-0.39, 0.29) is 43.4 Å². The molecule has 2 rings (SSSR count). The van der Waals surface area contributed by atoms with E-state index in [2.05, 4.69) is 10.6 Å². The highest BCUT2D eigenvalue weighted by Crippen LogP contribution is 2.23. The molecule has 0 aromatic heterocycles. The second-order valence-corrected chi connectivity index (χ2v) is 4.84. The average molecular weight is 322 g/mol. The summed E-state index contributed by atoms with van der Waals surface area (Å²) < 4.78 is 0. The number of nitrogens with two attached hydrogens (primary N) is 1. The first-order valence-electron chi connectivity index (χ1n) is 6.85. The molecule has 2 aromatic rings. The standard InChI is InChI=1S/C16H19N3O2.ClH/c1-11(19-16(21)10-18-15(20)9-17)13-8-4-6-12-5-2-3-7-14(12)13;/h2-8,11H,9-10,17H2,1H3,(H,18,20)(H,19,21);1H. The molecule has 0 radical (unpaired) electrons. The number of amides is 2. The maximum atomic E-state index is 11.8. The minimum atomic E-state index is -0.344. The summed E-state index contributed by atoms with van der Waals surface area (Å²) in [5.41, 5.74) is 6.22. The third-order valence-electron chi connectivity index (χ3n) is 3.30. The summed E-state index contributed by atoms with van der Waals surface area (Å²) in [5.74, 6) is -0.583. The Morgan fingerprint density at radius 2 is 1.77 bits per heavy atom. The Morgan fingerprint density at radius 3 is 2.50 bits per heavy atom. The fourth-order valence-corrected chi connectivity index (χ4v) is 2.25.